The Balaban J connectivity index is 1.16. The Morgan fingerprint density at radius 1 is 1.02 bits per heavy atom. The number of carbonyl (C=O) groups is 5. The highest BCUT2D eigenvalue weighted by Crippen LogP contribution is 2.45. The third-order valence-corrected chi connectivity index (χ3v) is 13.7. The van der Waals surface area contributed by atoms with Gasteiger partial charge in [0, 0.05) is 39.0 Å². The van der Waals surface area contributed by atoms with Crippen molar-refractivity contribution in [2.75, 3.05) is 20.1 Å². The number of rotatable bonds is 7. The molecule has 4 bridgehead atoms. The van der Waals surface area contributed by atoms with Crippen molar-refractivity contribution in [1.29, 1.82) is 0 Å². The molecule has 0 spiro atoms. The van der Waals surface area contributed by atoms with Crippen LogP contribution in [0.5, 0.6) is 0 Å². The van der Waals surface area contributed by atoms with Gasteiger partial charge < -0.3 is 25.2 Å². The van der Waals surface area contributed by atoms with Gasteiger partial charge in [0.1, 0.15) is 23.7 Å². The molecule has 3 heterocycles. The number of benzene rings is 1. The van der Waals surface area contributed by atoms with Gasteiger partial charge in [-0.2, -0.15) is 0 Å². The average Bonchev–Trinajstić information content (AvgIpc) is 3.90. The molecule has 4 fully saturated rings. The van der Waals surface area contributed by atoms with Gasteiger partial charge in [-0.1, -0.05) is 43.5 Å². The predicted molar refractivity (Wildman–Crippen MR) is 190 cm³/mol. The van der Waals surface area contributed by atoms with E-state index in [1.165, 1.54) is 16.5 Å². The molecule has 1 saturated heterocycles. The molecule has 282 valence electrons. The molecule has 0 aromatic heterocycles. The minimum absolute atomic E-state index is 0.0303. The quantitative estimate of drug-likeness (QED) is 0.358. The standard InChI is InChI=1S/C37H50N6O8S/c1-3-26-19-37(26,34(46)40-52(49,50)28-15-16-28)39-32(44)30-18-27-21-43(30)33(45)31(24-11-6-7-12-24)38-35(47)41(2)17-8-4-5-10-23-13-9-14-25-20-42(22-29(23)25)36(48)51-27/h3,9,13-14,24,26-28,30-31H,1,4-8,10-12,15-22H2,2H3,(H,38,47)(H,39,44)(H,40,46)/t26-,27-,30+,31+,37-/m1/s1. The van der Waals surface area contributed by atoms with Gasteiger partial charge in [-0.25, -0.2) is 18.0 Å². The van der Waals surface area contributed by atoms with Gasteiger partial charge in [0.15, 0.2) is 0 Å². The van der Waals surface area contributed by atoms with Gasteiger partial charge in [-0.15, -0.1) is 6.58 Å². The first-order chi connectivity index (χ1) is 24.9. The highest BCUT2D eigenvalue weighted by molar-refractivity contribution is 7.91. The van der Waals surface area contributed by atoms with Crippen molar-refractivity contribution in [3.8, 4) is 0 Å². The Morgan fingerprint density at radius 2 is 1.77 bits per heavy atom. The lowest BCUT2D eigenvalue weighted by atomic mass is 9.96. The Bertz CT molecular complexity index is 1740. The molecular weight excluding hydrogens is 689 g/mol. The number of amides is 6. The zero-order chi connectivity index (χ0) is 36.8. The fourth-order valence-corrected chi connectivity index (χ4v) is 9.87. The van der Waals surface area contributed by atoms with Gasteiger partial charge >= 0.3 is 12.1 Å². The number of fused-ring (bicyclic) bond motifs is 3. The molecule has 1 aromatic carbocycles. The number of urea groups is 1. The lowest BCUT2D eigenvalue weighted by Gasteiger charge is -2.33. The summed E-state index contributed by atoms with van der Waals surface area (Å²) in [6.45, 7) is 5.01. The summed E-state index contributed by atoms with van der Waals surface area (Å²) in [5.41, 5.74) is 1.82. The van der Waals surface area contributed by atoms with Crippen molar-refractivity contribution >= 4 is 39.9 Å². The van der Waals surface area contributed by atoms with Crippen molar-refractivity contribution in [2.45, 2.75) is 119 Å². The van der Waals surface area contributed by atoms with E-state index >= 15 is 0 Å². The van der Waals surface area contributed by atoms with Crippen molar-refractivity contribution in [1.82, 2.24) is 30.1 Å². The number of ether oxygens (including phenoxy) is 1. The molecule has 6 amide bonds. The van der Waals surface area contributed by atoms with E-state index in [1.54, 1.807) is 16.8 Å². The Morgan fingerprint density at radius 3 is 2.48 bits per heavy atom. The lowest BCUT2D eigenvalue weighted by molar-refractivity contribution is -0.142. The third-order valence-electron chi connectivity index (χ3n) is 11.9. The first-order valence-corrected chi connectivity index (χ1v) is 20.3. The van der Waals surface area contributed by atoms with E-state index in [1.807, 2.05) is 12.1 Å². The van der Waals surface area contributed by atoms with Crippen LogP contribution in [-0.4, -0.2) is 102 Å². The predicted octanol–water partition coefficient (Wildman–Crippen LogP) is 2.70. The molecule has 3 N–H and O–H groups in total. The van der Waals surface area contributed by atoms with Gasteiger partial charge in [0.2, 0.25) is 21.8 Å². The van der Waals surface area contributed by atoms with E-state index in [0.717, 1.165) is 62.5 Å². The van der Waals surface area contributed by atoms with Crippen LogP contribution in [0.3, 0.4) is 0 Å². The van der Waals surface area contributed by atoms with Crippen LogP contribution in [0.2, 0.25) is 0 Å². The molecule has 15 heteroatoms. The highest BCUT2D eigenvalue weighted by atomic mass is 32.2. The first-order valence-electron chi connectivity index (χ1n) is 18.8. The summed E-state index contributed by atoms with van der Waals surface area (Å²) in [5.74, 6) is -2.60. The van der Waals surface area contributed by atoms with Gasteiger partial charge in [-0.05, 0) is 74.0 Å². The monoisotopic (exact) mass is 738 g/mol. The van der Waals surface area contributed by atoms with Crippen molar-refractivity contribution < 1.29 is 37.1 Å². The number of nitrogens with zero attached hydrogens (tertiary/aromatic N) is 3. The lowest BCUT2D eigenvalue weighted by Crippen LogP contribution is -2.59. The summed E-state index contributed by atoms with van der Waals surface area (Å²) >= 11 is 0. The number of aryl methyl sites for hydroxylation is 1. The smallest absolute Gasteiger partial charge is 0.410 e. The Kier molecular flexibility index (Phi) is 10.0. The van der Waals surface area contributed by atoms with E-state index in [9.17, 15) is 32.4 Å². The maximum absolute atomic E-state index is 14.6. The van der Waals surface area contributed by atoms with Crippen molar-refractivity contribution in [3.05, 3.63) is 47.5 Å². The van der Waals surface area contributed by atoms with Crippen LogP contribution in [0.4, 0.5) is 9.59 Å². The van der Waals surface area contributed by atoms with Crippen LogP contribution in [-0.2, 0) is 48.7 Å². The Hall–Kier alpha value is -4.14. The number of sulfonamides is 1. The van der Waals surface area contributed by atoms with Crippen LogP contribution < -0.4 is 15.4 Å². The number of hydrogen-bond acceptors (Lipinski definition) is 8. The summed E-state index contributed by atoms with van der Waals surface area (Å²) in [6, 6.07) is 3.69. The maximum Gasteiger partial charge on any atom is 0.410 e. The molecule has 3 saturated carbocycles. The van der Waals surface area contributed by atoms with Crippen LogP contribution in [0.15, 0.2) is 30.9 Å². The van der Waals surface area contributed by atoms with Crippen LogP contribution in [0.25, 0.3) is 0 Å². The maximum atomic E-state index is 14.6. The zero-order valence-electron chi connectivity index (χ0n) is 29.8. The summed E-state index contributed by atoms with van der Waals surface area (Å²) in [5, 5.41) is 5.15. The second-order valence-electron chi connectivity index (χ2n) is 15.5. The molecule has 52 heavy (non-hydrogen) atoms. The van der Waals surface area contributed by atoms with E-state index in [0.29, 0.717) is 32.5 Å². The topological polar surface area (TPSA) is 175 Å². The molecule has 6 aliphatic rings. The van der Waals surface area contributed by atoms with Gasteiger partial charge in [-0.3, -0.25) is 24.0 Å². The van der Waals surface area contributed by atoms with E-state index < -0.39 is 68.7 Å². The summed E-state index contributed by atoms with van der Waals surface area (Å²) in [6.07, 6.45) is 7.95. The second kappa shape index (κ2) is 14.4. The van der Waals surface area contributed by atoms with Crippen LogP contribution >= 0.6 is 0 Å². The van der Waals surface area contributed by atoms with Crippen molar-refractivity contribution in [2.24, 2.45) is 11.8 Å². The van der Waals surface area contributed by atoms with Gasteiger partial charge in [0.25, 0.3) is 5.91 Å². The first kappa shape index (κ1) is 36.2. The molecule has 7 rings (SSSR count). The molecule has 3 aliphatic heterocycles. The van der Waals surface area contributed by atoms with Crippen LogP contribution in [0, 0.1) is 11.8 Å². The SMILES string of the molecule is C=C[C@@H]1C[C@]1(NC(=O)[C@@H]1C[C@@H]2CN1C(=O)[C@H](C1CCCC1)NC(=O)N(C)CCCCCc1cccc3c1CN(C3)C(=O)O2)C(=O)NS(=O)(=O)C1CC1. The summed E-state index contributed by atoms with van der Waals surface area (Å²) < 4.78 is 33.6. The Labute approximate surface area is 305 Å². The summed E-state index contributed by atoms with van der Waals surface area (Å²) in [7, 11) is -2.17. The molecule has 5 atom stereocenters. The molecular formula is C37H50N6O8S. The normalized spacial score (nSPS) is 30.2. The van der Waals surface area contributed by atoms with E-state index in [-0.39, 0.29) is 31.3 Å². The molecule has 0 radical (unpaired) electrons. The minimum Gasteiger partial charge on any atom is -0.444 e. The van der Waals surface area contributed by atoms with Gasteiger partial charge in [0.05, 0.1) is 11.8 Å². The second-order valence-corrected chi connectivity index (χ2v) is 17.5. The highest BCUT2D eigenvalue weighted by Gasteiger charge is 2.62. The number of nitrogens with one attached hydrogen (secondary N) is 3. The molecule has 0 unspecified atom stereocenters. The zero-order valence-corrected chi connectivity index (χ0v) is 30.6. The largest absolute Gasteiger partial charge is 0.444 e. The molecule has 3 aliphatic carbocycles. The molecule has 1 aromatic rings. The fraction of sp³-hybridized carbons (Fsp3) is 0.649. The van der Waals surface area contributed by atoms with E-state index in [2.05, 4.69) is 28.0 Å². The fourth-order valence-electron chi connectivity index (χ4n) is 8.50. The van der Waals surface area contributed by atoms with E-state index in [4.69, 9.17) is 4.74 Å². The average molecular weight is 739 g/mol. The van der Waals surface area contributed by atoms with Crippen molar-refractivity contribution in [3.63, 3.8) is 0 Å². The number of hydrogen-bond donors (Lipinski definition) is 3. The molecule has 14 nitrogen and oxygen atoms in total. The van der Waals surface area contributed by atoms with Crippen LogP contribution in [0.1, 0.15) is 87.3 Å². The number of carbonyl (C=O) groups excluding carboxylic acids is 5. The minimum atomic E-state index is -3.89. The third kappa shape index (κ3) is 7.25. The summed E-state index contributed by atoms with van der Waals surface area (Å²) in [4.78, 5) is 74.1.